The summed E-state index contributed by atoms with van der Waals surface area (Å²) in [5.41, 5.74) is 1.10. The average molecular weight is 625 g/mol. The van der Waals surface area contributed by atoms with Crippen molar-refractivity contribution in [2.75, 3.05) is 28.3 Å². The molecular formula is C32H56N4O8. The van der Waals surface area contributed by atoms with Crippen LogP contribution in [0.1, 0.15) is 75.2 Å². The number of amides is 2. The lowest BCUT2D eigenvalue weighted by molar-refractivity contribution is -0.289. The second-order valence-corrected chi connectivity index (χ2v) is 14.4. The molecule has 2 N–H and O–H groups in total. The molecule has 0 aliphatic carbocycles. The number of rotatable bonds is 5. The number of esters is 1. The molecule has 0 aromatic rings. The van der Waals surface area contributed by atoms with E-state index < -0.39 is 77.3 Å². The lowest BCUT2D eigenvalue weighted by Crippen LogP contribution is -2.61. The number of methoxy groups -OCH3 is 1. The molecule has 0 bridgehead atoms. The van der Waals surface area contributed by atoms with E-state index in [4.69, 9.17) is 18.9 Å². The Kier molecular flexibility index (Phi) is 11.3. The molecule has 12 atom stereocenters. The van der Waals surface area contributed by atoms with Crippen LogP contribution >= 0.6 is 0 Å². The Balaban J connectivity index is 2.08. The van der Waals surface area contributed by atoms with Crippen molar-refractivity contribution in [3.63, 3.8) is 0 Å². The molecule has 44 heavy (non-hydrogen) atoms. The summed E-state index contributed by atoms with van der Waals surface area (Å²) in [6.45, 7) is 16.4. The largest absolute Gasteiger partial charge is 0.460 e. The van der Waals surface area contributed by atoms with Crippen LogP contribution in [0.5, 0.6) is 0 Å². The number of ketones is 2. The van der Waals surface area contributed by atoms with Gasteiger partial charge in [-0.2, -0.15) is 0 Å². The molecule has 0 aromatic carbocycles. The maximum atomic E-state index is 14.1. The van der Waals surface area contributed by atoms with Crippen LogP contribution in [-0.4, -0.2) is 110 Å². The van der Waals surface area contributed by atoms with E-state index in [-0.39, 0.29) is 23.7 Å². The van der Waals surface area contributed by atoms with Gasteiger partial charge in [0.1, 0.15) is 23.9 Å². The summed E-state index contributed by atoms with van der Waals surface area (Å²) in [5.74, 6) is -3.96. The highest BCUT2D eigenvalue weighted by molar-refractivity contribution is 6.00. The predicted molar refractivity (Wildman–Crippen MR) is 164 cm³/mol. The molecule has 2 amide bonds. The zero-order valence-electron chi connectivity index (χ0n) is 28.9. The number of hydrogen-bond acceptors (Lipinski definition) is 10. The Hall–Kier alpha value is -2.12. The zero-order valence-corrected chi connectivity index (χ0v) is 28.9. The third-order valence-electron chi connectivity index (χ3n) is 10.4. The zero-order chi connectivity index (χ0) is 33.5. The van der Waals surface area contributed by atoms with Crippen molar-refractivity contribution >= 4 is 23.6 Å². The summed E-state index contributed by atoms with van der Waals surface area (Å²) >= 11 is 0. The van der Waals surface area contributed by atoms with Gasteiger partial charge in [0.25, 0.3) is 0 Å². The number of urea groups is 1. The molecule has 3 heterocycles. The first kappa shape index (κ1) is 36.3. The molecule has 3 rings (SSSR count). The van der Waals surface area contributed by atoms with Gasteiger partial charge in [0, 0.05) is 38.0 Å². The molecule has 8 unspecified atom stereocenters. The number of hydrazine groups is 1. The van der Waals surface area contributed by atoms with E-state index >= 15 is 0 Å². The fourth-order valence-corrected chi connectivity index (χ4v) is 7.78. The molecule has 12 nitrogen and oxygen atoms in total. The van der Waals surface area contributed by atoms with E-state index in [9.17, 15) is 19.2 Å². The lowest BCUT2D eigenvalue weighted by Gasteiger charge is -2.47. The molecular weight excluding hydrogens is 568 g/mol. The quantitative estimate of drug-likeness (QED) is 0.347. The fourth-order valence-electron chi connectivity index (χ4n) is 7.78. The van der Waals surface area contributed by atoms with Crippen molar-refractivity contribution in [1.82, 2.24) is 20.7 Å². The maximum Gasteiger partial charge on any atom is 0.332 e. The standard InChI is InChI=1S/C32H56N4O8/c1-16-15-31(7,8)27(44-29-25(41-13)22(35(11)12)14-17(2)42-29)19(4)24(38)20(5)28(39)43-21(6)32(9)26(18(3)23(16)37)36(33-10)30(40)34-32/h16-22,25-27,29,33H,14-15H2,1-13H3,(H,34,40)/t16?,17-,18?,19+,20-,21-,22?,25?,26?,27?,29?,32?/m1/s1. The number of likely N-dealkylation sites (N-methyl/N-ethyl adjacent to an activating group) is 1. The van der Waals surface area contributed by atoms with Crippen molar-refractivity contribution in [2.45, 2.75) is 123 Å². The molecule has 3 aliphatic rings. The number of ether oxygens (including phenoxy) is 4. The summed E-state index contributed by atoms with van der Waals surface area (Å²) < 4.78 is 24.8. The normalized spacial score (nSPS) is 42.5. The molecule has 0 aromatic heterocycles. The second kappa shape index (κ2) is 13.7. The molecule has 0 spiro atoms. The van der Waals surface area contributed by atoms with Gasteiger partial charge in [-0.05, 0) is 60.0 Å². The molecule has 3 saturated heterocycles. The SMILES string of the molecule is CNN1C(=O)NC2(C)C1C(C)C(=O)C(C)CC(C)(C)C(OC1O[C@H](C)CC(N(C)C)C1OC)[C@@H](C)C(=O)[C@@H](C)C(=O)O[C@@H]2C. The van der Waals surface area contributed by atoms with Gasteiger partial charge in [0.2, 0.25) is 0 Å². The lowest BCUT2D eigenvalue weighted by atomic mass is 9.69. The molecule has 12 heteroatoms. The minimum absolute atomic E-state index is 0.0188. The Bertz CT molecular complexity index is 1080. The van der Waals surface area contributed by atoms with E-state index in [0.717, 1.165) is 6.42 Å². The van der Waals surface area contributed by atoms with Crippen LogP contribution in [0.25, 0.3) is 0 Å². The van der Waals surface area contributed by atoms with Gasteiger partial charge in [-0.15, -0.1) is 0 Å². The third-order valence-corrected chi connectivity index (χ3v) is 10.4. The van der Waals surface area contributed by atoms with Gasteiger partial charge in [0.05, 0.1) is 23.8 Å². The summed E-state index contributed by atoms with van der Waals surface area (Å²) in [5, 5.41) is 4.33. The smallest absolute Gasteiger partial charge is 0.332 e. The summed E-state index contributed by atoms with van der Waals surface area (Å²) in [4.78, 5) is 56.7. The maximum absolute atomic E-state index is 14.1. The van der Waals surface area contributed by atoms with E-state index in [0.29, 0.717) is 6.42 Å². The van der Waals surface area contributed by atoms with Crippen LogP contribution in [0.15, 0.2) is 0 Å². The number of hydrogen-bond donors (Lipinski definition) is 2. The minimum atomic E-state index is -1.10. The Morgan fingerprint density at radius 1 is 0.977 bits per heavy atom. The number of nitrogens with one attached hydrogen (secondary N) is 2. The number of carbonyl (C=O) groups excluding carboxylic acids is 4. The monoisotopic (exact) mass is 624 g/mol. The predicted octanol–water partition coefficient (Wildman–Crippen LogP) is 2.78. The summed E-state index contributed by atoms with van der Waals surface area (Å²) in [6.07, 6.45) is -1.73. The highest BCUT2D eigenvalue weighted by Gasteiger charge is 2.57. The molecule has 252 valence electrons. The Morgan fingerprint density at radius 2 is 1.59 bits per heavy atom. The Labute approximate surface area is 263 Å². The number of Topliss-reactive ketones (excluding diaryl/α,β-unsaturated/α-hetero) is 2. The number of nitrogens with zero attached hydrogens (tertiary/aromatic N) is 2. The van der Waals surface area contributed by atoms with Crippen molar-refractivity contribution in [3.8, 4) is 0 Å². The summed E-state index contributed by atoms with van der Waals surface area (Å²) in [6, 6.07) is -1.06. The van der Waals surface area contributed by atoms with Crippen LogP contribution in [0.4, 0.5) is 4.79 Å². The highest BCUT2D eigenvalue weighted by Crippen LogP contribution is 2.42. The van der Waals surface area contributed by atoms with E-state index in [1.165, 1.54) is 5.01 Å². The van der Waals surface area contributed by atoms with Gasteiger partial charge in [-0.1, -0.05) is 34.6 Å². The van der Waals surface area contributed by atoms with Crippen molar-refractivity contribution in [2.24, 2.45) is 29.1 Å². The van der Waals surface area contributed by atoms with Crippen molar-refractivity contribution in [3.05, 3.63) is 0 Å². The van der Waals surface area contributed by atoms with Gasteiger partial charge >= 0.3 is 12.0 Å². The van der Waals surface area contributed by atoms with Crippen LogP contribution in [0.2, 0.25) is 0 Å². The second-order valence-electron chi connectivity index (χ2n) is 14.4. The molecule has 0 radical (unpaired) electrons. The first-order valence-corrected chi connectivity index (χ1v) is 15.9. The average Bonchev–Trinajstić information content (AvgIpc) is 3.22. The van der Waals surface area contributed by atoms with Gasteiger partial charge in [0.15, 0.2) is 12.1 Å². The van der Waals surface area contributed by atoms with Crippen LogP contribution < -0.4 is 10.7 Å². The van der Waals surface area contributed by atoms with Gasteiger partial charge in [-0.25, -0.2) is 10.2 Å². The van der Waals surface area contributed by atoms with E-state index in [1.807, 2.05) is 48.7 Å². The first-order valence-electron chi connectivity index (χ1n) is 15.9. The van der Waals surface area contributed by atoms with Crippen LogP contribution in [-0.2, 0) is 33.3 Å². The van der Waals surface area contributed by atoms with Crippen LogP contribution in [0, 0.1) is 29.1 Å². The highest BCUT2D eigenvalue weighted by atomic mass is 16.7. The Morgan fingerprint density at radius 3 is 2.14 bits per heavy atom. The summed E-state index contributed by atoms with van der Waals surface area (Å²) in [7, 11) is 7.21. The van der Waals surface area contributed by atoms with Crippen molar-refractivity contribution < 1.29 is 38.1 Å². The number of carbonyl (C=O) groups is 4. The first-order chi connectivity index (χ1) is 20.3. The van der Waals surface area contributed by atoms with Gasteiger partial charge < -0.3 is 29.2 Å². The molecule has 3 aliphatic heterocycles. The minimum Gasteiger partial charge on any atom is -0.460 e. The fraction of sp³-hybridized carbons (Fsp3) is 0.875. The topological polar surface area (TPSA) is 136 Å². The third kappa shape index (κ3) is 6.84. The van der Waals surface area contributed by atoms with E-state index in [2.05, 4.69) is 15.6 Å². The van der Waals surface area contributed by atoms with Gasteiger partial charge in [-0.3, -0.25) is 19.4 Å². The van der Waals surface area contributed by atoms with E-state index in [1.54, 1.807) is 41.9 Å². The number of fused-ring (bicyclic) bond motifs is 1. The van der Waals surface area contributed by atoms with Crippen LogP contribution in [0.3, 0.4) is 0 Å². The molecule has 0 saturated carbocycles. The number of cyclic esters (lactones) is 1. The van der Waals surface area contributed by atoms with Crippen molar-refractivity contribution in [1.29, 1.82) is 0 Å². The molecule has 3 fully saturated rings.